The Balaban J connectivity index is 1.38. The van der Waals surface area contributed by atoms with Crippen LogP contribution in [0.1, 0.15) is 25.7 Å². The zero-order valence-corrected chi connectivity index (χ0v) is 10.6. The summed E-state index contributed by atoms with van der Waals surface area (Å²) in [5.74, 6) is 0. The lowest BCUT2D eigenvalue weighted by atomic mass is 10.2. The van der Waals surface area contributed by atoms with E-state index in [2.05, 4.69) is 10.2 Å². The molecule has 0 radical (unpaired) electrons. The first-order valence-corrected chi connectivity index (χ1v) is 7.09. The van der Waals surface area contributed by atoms with Gasteiger partial charge in [0.1, 0.15) is 0 Å². The molecule has 4 nitrogen and oxygen atoms in total. The predicted octanol–water partition coefficient (Wildman–Crippen LogP) is 0.618. The van der Waals surface area contributed by atoms with Crippen molar-refractivity contribution in [3.63, 3.8) is 0 Å². The van der Waals surface area contributed by atoms with Crippen molar-refractivity contribution in [1.82, 2.24) is 10.2 Å². The topological polar surface area (TPSA) is 33.7 Å². The smallest absolute Gasteiger partial charge is 0.0834 e. The molecule has 0 unspecified atom stereocenters. The molecule has 0 aromatic heterocycles. The average molecular weight is 240 g/mol. The number of likely N-dealkylation sites (tertiary alicyclic amines) is 1. The molecular weight excluding hydrogens is 216 g/mol. The number of hydrogen-bond donors (Lipinski definition) is 1. The van der Waals surface area contributed by atoms with Crippen molar-refractivity contribution in [3.05, 3.63) is 0 Å². The molecule has 98 valence electrons. The van der Waals surface area contributed by atoms with Crippen molar-refractivity contribution in [2.24, 2.45) is 0 Å². The van der Waals surface area contributed by atoms with Gasteiger partial charge in [-0.05, 0) is 38.8 Å². The van der Waals surface area contributed by atoms with E-state index in [0.29, 0.717) is 18.2 Å². The zero-order chi connectivity index (χ0) is 11.5. The monoisotopic (exact) mass is 240 g/mol. The highest BCUT2D eigenvalue weighted by Crippen LogP contribution is 2.18. The minimum absolute atomic E-state index is 0.354. The average Bonchev–Trinajstić information content (AvgIpc) is 3.02. The molecule has 3 rings (SSSR count). The lowest BCUT2D eigenvalue weighted by Gasteiger charge is -2.20. The van der Waals surface area contributed by atoms with E-state index in [0.717, 1.165) is 26.2 Å². The molecule has 3 fully saturated rings. The molecule has 3 aliphatic rings. The molecule has 0 bridgehead atoms. The van der Waals surface area contributed by atoms with Crippen molar-refractivity contribution in [2.45, 2.75) is 43.9 Å². The van der Waals surface area contributed by atoms with E-state index in [4.69, 9.17) is 9.47 Å². The quantitative estimate of drug-likeness (QED) is 0.781. The molecule has 0 aromatic carbocycles. The third-order valence-electron chi connectivity index (χ3n) is 4.13. The van der Waals surface area contributed by atoms with E-state index in [-0.39, 0.29) is 0 Å². The standard InChI is InChI=1S/C13H24N2O2/c1-2-5-15(4-1)9-11-7-13(8-14-11)17-12-3-6-16-10-12/h11-14H,1-10H2/t11-,12+,13+/m0/s1. The molecule has 1 N–H and O–H groups in total. The fourth-order valence-electron chi connectivity index (χ4n) is 3.19. The molecule has 4 heteroatoms. The summed E-state index contributed by atoms with van der Waals surface area (Å²) in [6.45, 7) is 6.49. The van der Waals surface area contributed by atoms with Crippen LogP contribution in [-0.4, -0.2) is 62.5 Å². The first kappa shape index (κ1) is 11.9. The van der Waals surface area contributed by atoms with Gasteiger partial charge < -0.3 is 19.7 Å². The van der Waals surface area contributed by atoms with Gasteiger partial charge in [0.25, 0.3) is 0 Å². The van der Waals surface area contributed by atoms with Crippen LogP contribution in [0.25, 0.3) is 0 Å². The molecular formula is C13H24N2O2. The molecule has 3 atom stereocenters. The van der Waals surface area contributed by atoms with E-state index in [9.17, 15) is 0 Å². The molecule has 0 aromatic rings. The number of nitrogens with one attached hydrogen (secondary N) is 1. The molecule has 3 saturated heterocycles. The second-order valence-electron chi connectivity index (χ2n) is 5.59. The van der Waals surface area contributed by atoms with Gasteiger partial charge in [-0.2, -0.15) is 0 Å². The summed E-state index contributed by atoms with van der Waals surface area (Å²) in [5, 5.41) is 3.60. The number of ether oxygens (including phenoxy) is 2. The predicted molar refractivity (Wildman–Crippen MR) is 66.2 cm³/mol. The first-order valence-electron chi connectivity index (χ1n) is 7.09. The van der Waals surface area contributed by atoms with Crippen molar-refractivity contribution in [2.75, 3.05) is 39.4 Å². The molecule has 17 heavy (non-hydrogen) atoms. The summed E-state index contributed by atoms with van der Waals surface area (Å²) in [4.78, 5) is 2.58. The summed E-state index contributed by atoms with van der Waals surface area (Å²) < 4.78 is 11.4. The molecule has 0 aliphatic carbocycles. The second-order valence-corrected chi connectivity index (χ2v) is 5.59. The Bertz CT molecular complexity index is 214. The minimum atomic E-state index is 0.354. The Morgan fingerprint density at radius 3 is 2.88 bits per heavy atom. The van der Waals surface area contributed by atoms with Gasteiger partial charge in [-0.1, -0.05) is 0 Å². The van der Waals surface area contributed by atoms with E-state index in [1.807, 2.05) is 0 Å². The van der Waals surface area contributed by atoms with Crippen LogP contribution in [0.3, 0.4) is 0 Å². The van der Waals surface area contributed by atoms with Crippen LogP contribution in [-0.2, 0) is 9.47 Å². The molecule has 3 aliphatic heterocycles. The maximum Gasteiger partial charge on any atom is 0.0834 e. The van der Waals surface area contributed by atoms with E-state index in [1.54, 1.807) is 0 Å². The summed E-state index contributed by atoms with van der Waals surface area (Å²) in [7, 11) is 0. The summed E-state index contributed by atoms with van der Waals surface area (Å²) in [6, 6.07) is 0.639. The fourth-order valence-corrected chi connectivity index (χ4v) is 3.19. The van der Waals surface area contributed by atoms with Gasteiger partial charge in [-0.25, -0.2) is 0 Å². The largest absolute Gasteiger partial charge is 0.379 e. The highest BCUT2D eigenvalue weighted by atomic mass is 16.6. The summed E-state index contributed by atoms with van der Waals surface area (Å²) >= 11 is 0. The van der Waals surface area contributed by atoms with Crippen LogP contribution >= 0.6 is 0 Å². The van der Waals surface area contributed by atoms with Gasteiger partial charge in [-0.3, -0.25) is 0 Å². The highest BCUT2D eigenvalue weighted by molar-refractivity contribution is 4.86. The Morgan fingerprint density at radius 2 is 2.12 bits per heavy atom. The SMILES string of the molecule is C1CCN(C[C@@H]2C[C@@H](O[C@@H]3CCOC3)CN2)C1. The van der Waals surface area contributed by atoms with Crippen molar-refractivity contribution >= 4 is 0 Å². The van der Waals surface area contributed by atoms with Crippen LogP contribution < -0.4 is 5.32 Å². The Labute approximate surface area is 104 Å². The van der Waals surface area contributed by atoms with Gasteiger partial charge in [0.2, 0.25) is 0 Å². The number of rotatable bonds is 4. The van der Waals surface area contributed by atoms with Crippen LogP contribution in [0.2, 0.25) is 0 Å². The number of nitrogens with zero attached hydrogens (tertiary/aromatic N) is 1. The van der Waals surface area contributed by atoms with Crippen molar-refractivity contribution in [1.29, 1.82) is 0 Å². The van der Waals surface area contributed by atoms with Crippen LogP contribution in [0.4, 0.5) is 0 Å². The fraction of sp³-hybridized carbons (Fsp3) is 1.00. The van der Waals surface area contributed by atoms with E-state index in [1.165, 1.54) is 38.9 Å². The molecule has 0 spiro atoms. The van der Waals surface area contributed by atoms with Crippen LogP contribution in [0.15, 0.2) is 0 Å². The van der Waals surface area contributed by atoms with Crippen LogP contribution in [0, 0.1) is 0 Å². The van der Waals surface area contributed by atoms with Crippen LogP contribution in [0.5, 0.6) is 0 Å². The van der Waals surface area contributed by atoms with E-state index < -0.39 is 0 Å². The minimum Gasteiger partial charge on any atom is -0.379 e. The third-order valence-corrected chi connectivity index (χ3v) is 4.13. The van der Waals surface area contributed by atoms with Gasteiger partial charge in [0, 0.05) is 25.7 Å². The maximum atomic E-state index is 6.06. The Hall–Kier alpha value is -0.160. The lowest BCUT2D eigenvalue weighted by molar-refractivity contribution is -0.00674. The van der Waals surface area contributed by atoms with Gasteiger partial charge in [0.05, 0.1) is 18.8 Å². The third kappa shape index (κ3) is 3.19. The molecule has 3 heterocycles. The summed E-state index contributed by atoms with van der Waals surface area (Å²) in [5.41, 5.74) is 0. The maximum absolute atomic E-state index is 6.06. The lowest BCUT2D eigenvalue weighted by Crippen LogP contribution is -2.35. The normalized spacial score (nSPS) is 39.2. The Kier molecular flexibility index (Phi) is 3.96. The summed E-state index contributed by atoms with van der Waals surface area (Å²) in [6.07, 6.45) is 5.78. The van der Waals surface area contributed by atoms with Crippen molar-refractivity contribution in [3.8, 4) is 0 Å². The first-order chi connectivity index (χ1) is 8.40. The van der Waals surface area contributed by atoms with Gasteiger partial charge in [-0.15, -0.1) is 0 Å². The van der Waals surface area contributed by atoms with Gasteiger partial charge >= 0.3 is 0 Å². The molecule has 0 amide bonds. The highest BCUT2D eigenvalue weighted by Gasteiger charge is 2.29. The van der Waals surface area contributed by atoms with Crippen molar-refractivity contribution < 1.29 is 9.47 Å². The Morgan fingerprint density at radius 1 is 1.24 bits per heavy atom. The second kappa shape index (κ2) is 5.65. The number of hydrogen-bond acceptors (Lipinski definition) is 4. The van der Waals surface area contributed by atoms with Gasteiger partial charge in [0.15, 0.2) is 0 Å². The van der Waals surface area contributed by atoms with E-state index >= 15 is 0 Å². The zero-order valence-electron chi connectivity index (χ0n) is 10.6. The molecule has 0 saturated carbocycles.